The van der Waals surface area contributed by atoms with Gasteiger partial charge in [-0.1, -0.05) is 0 Å². The second kappa shape index (κ2) is 5.85. The fourth-order valence-electron chi connectivity index (χ4n) is 1.43. The maximum Gasteiger partial charge on any atom is 0.416 e. The van der Waals surface area contributed by atoms with Crippen molar-refractivity contribution in [2.24, 2.45) is 0 Å². The minimum atomic E-state index is -5.09. The Labute approximate surface area is 119 Å². The van der Waals surface area contributed by atoms with E-state index in [1.807, 2.05) is 0 Å². The zero-order valence-corrected chi connectivity index (χ0v) is 10.8. The van der Waals surface area contributed by atoms with Crippen LogP contribution in [0.1, 0.15) is 28.4 Å². The number of alkyl halides is 6. The number of aliphatic carboxylic acids is 1. The van der Waals surface area contributed by atoms with Crippen LogP contribution in [-0.2, 0) is 17.1 Å². The number of rotatable bonds is 3. The summed E-state index contributed by atoms with van der Waals surface area (Å²) in [5, 5.41) is 10.4. The van der Waals surface area contributed by atoms with E-state index in [1.165, 1.54) is 0 Å². The molecule has 0 heterocycles. The lowest BCUT2D eigenvalue weighted by Gasteiger charge is -2.15. The van der Waals surface area contributed by atoms with Crippen molar-refractivity contribution in [2.75, 3.05) is 0 Å². The number of amides is 1. The molecule has 0 saturated carbocycles. The van der Waals surface area contributed by atoms with Crippen molar-refractivity contribution in [3.63, 3.8) is 0 Å². The van der Waals surface area contributed by atoms with Crippen LogP contribution in [0.2, 0.25) is 0 Å². The molecule has 1 aromatic rings. The van der Waals surface area contributed by atoms with Crippen LogP contribution in [0, 0.1) is 0 Å². The highest BCUT2D eigenvalue weighted by Crippen LogP contribution is 2.36. The van der Waals surface area contributed by atoms with Crippen molar-refractivity contribution in [1.82, 2.24) is 5.32 Å². The maximum absolute atomic E-state index is 12.6. The fraction of sp³-hybridized carbons (Fsp3) is 0.333. The van der Waals surface area contributed by atoms with Gasteiger partial charge in [0.1, 0.15) is 6.04 Å². The molecule has 10 heteroatoms. The van der Waals surface area contributed by atoms with Crippen molar-refractivity contribution in [3.05, 3.63) is 34.9 Å². The number of carbonyl (C=O) groups is 2. The van der Waals surface area contributed by atoms with E-state index in [2.05, 4.69) is 0 Å². The zero-order chi connectivity index (χ0) is 17.3. The summed E-state index contributed by atoms with van der Waals surface area (Å²) in [5.41, 5.74) is -4.25. The van der Waals surface area contributed by atoms with E-state index in [4.69, 9.17) is 5.11 Å². The molecule has 4 nitrogen and oxygen atoms in total. The molecule has 1 aromatic carbocycles. The molecule has 0 aliphatic carbocycles. The molecular formula is C12H9F6NO3. The van der Waals surface area contributed by atoms with Crippen LogP contribution < -0.4 is 5.32 Å². The number of carboxylic acid groups (broad SMARTS) is 1. The number of carbonyl (C=O) groups excluding carboxylic acids is 1. The highest BCUT2D eigenvalue weighted by molar-refractivity contribution is 5.96. The zero-order valence-electron chi connectivity index (χ0n) is 10.8. The third-order valence-corrected chi connectivity index (χ3v) is 2.57. The number of hydrogen-bond acceptors (Lipinski definition) is 2. The molecule has 0 aliphatic heterocycles. The summed E-state index contributed by atoms with van der Waals surface area (Å²) >= 11 is 0. The highest BCUT2D eigenvalue weighted by atomic mass is 19.4. The van der Waals surface area contributed by atoms with Crippen LogP contribution in [-0.4, -0.2) is 23.0 Å². The summed E-state index contributed by atoms with van der Waals surface area (Å²) in [4.78, 5) is 22.2. The lowest BCUT2D eigenvalue weighted by molar-refractivity contribution is -0.143. The quantitative estimate of drug-likeness (QED) is 0.838. The Morgan fingerprint density at radius 1 is 1.00 bits per heavy atom. The fourth-order valence-corrected chi connectivity index (χ4v) is 1.43. The molecule has 0 fully saturated rings. The minimum absolute atomic E-state index is 0.128. The van der Waals surface area contributed by atoms with Crippen molar-refractivity contribution in [3.8, 4) is 0 Å². The number of nitrogens with one attached hydrogen (secondary N) is 1. The molecule has 0 saturated heterocycles. The summed E-state index contributed by atoms with van der Waals surface area (Å²) < 4.78 is 75.6. The van der Waals surface area contributed by atoms with Crippen LogP contribution in [0.3, 0.4) is 0 Å². The molecule has 0 bridgehead atoms. The van der Waals surface area contributed by atoms with Gasteiger partial charge in [0, 0.05) is 5.56 Å². The lowest BCUT2D eigenvalue weighted by atomic mass is 10.0. The Morgan fingerprint density at radius 3 is 1.73 bits per heavy atom. The van der Waals surface area contributed by atoms with Crippen LogP contribution in [0.5, 0.6) is 0 Å². The van der Waals surface area contributed by atoms with Crippen LogP contribution in [0.15, 0.2) is 18.2 Å². The lowest BCUT2D eigenvalue weighted by Crippen LogP contribution is -2.38. The number of hydrogen-bond donors (Lipinski definition) is 2. The smallest absolute Gasteiger partial charge is 0.416 e. The summed E-state index contributed by atoms with van der Waals surface area (Å²) in [6.07, 6.45) is -10.2. The number of halogens is 6. The van der Waals surface area contributed by atoms with E-state index in [1.54, 1.807) is 5.32 Å². The molecule has 1 amide bonds. The van der Waals surface area contributed by atoms with Gasteiger partial charge >= 0.3 is 18.3 Å². The van der Waals surface area contributed by atoms with Gasteiger partial charge in [0.25, 0.3) is 5.91 Å². The Balaban J connectivity index is 3.30. The van der Waals surface area contributed by atoms with Crippen molar-refractivity contribution in [2.45, 2.75) is 25.3 Å². The summed E-state index contributed by atoms with van der Waals surface area (Å²) in [6, 6.07) is -1.16. The second-order valence-corrected chi connectivity index (χ2v) is 4.33. The predicted molar refractivity (Wildman–Crippen MR) is 61.0 cm³/mol. The Morgan fingerprint density at radius 2 is 1.41 bits per heavy atom. The van der Waals surface area contributed by atoms with E-state index in [-0.39, 0.29) is 18.2 Å². The first-order valence-electron chi connectivity index (χ1n) is 5.65. The van der Waals surface area contributed by atoms with E-state index in [9.17, 15) is 35.9 Å². The topological polar surface area (TPSA) is 66.4 Å². The normalized spacial score (nSPS) is 13.6. The molecule has 1 rings (SSSR count). The Bertz CT molecular complexity index is 561. The third kappa shape index (κ3) is 4.37. The second-order valence-electron chi connectivity index (χ2n) is 4.33. The van der Waals surface area contributed by atoms with Gasteiger partial charge in [0.15, 0.2) is 0 Å². The molecule has 0 aromatic heterocycles. The van der Waals surface area contributed by atoms with Gasteiger partial charge in [-0.3, -0.25) is 9.59 Å². The van der Waals surface area contributed by atoms with E-state index in [0.29, 0.717) is 0 Å². The third-order valence-electron chi connectivity index (χ3n) is 2.57. The minimum Gasteiger partial charge on any atom is -0.480 e. The van der Waals surface area contributed by atoms with Crippen LogP contribution in [0.4, 0.5) is 26.3 Å². The first-order chi connectivity index (χ1) is 9.82. The van der Waals surface area contributed by atoms with Gasteiger partial charge in [-0.25, -0.2) is 0 Å². The molecule has 122 valence electrons. The molecular weight excluding hydrogens is 320 g/mol. The van der Waals surface area contributed by atoms with Crippen LogP contribution in [0.25, 0.3) is 0 Å². The summed E-state index contributed by atoms with van der Waals surface area (Å²) in [5.74, 6) is -2.84. The first-order valence-corrected chi connectivity index (χ1v) is 5.65. The molecule has 0 unspecified atom stereocenters. The highest BCUT2D eigenvalue weighted by Gasteiger charge is 2.37. The Hall–Kier alpha value is -2.26. The molecule has 2 N–H and O–H groups in total. The monoisotopic (exact) mass is 329 g/mol. The van der Waals surface area contributed by atoms with E-state index in [0.717, 1.165) is 6.92 Å². The molecule has 0 radical (unpaired) electrons. The summed E-state index contributed by atoms with van der Waals surface area (Å²) in [6.45, 7) is 1.01. The molecule has 22 heavy (non-hydrogen) atoms. The maximum atomic E-state index is 12.6. The van der Waals surface area contributed by atoms with Gasteiger partial charge < -0.3 is 10.4 Å². The summed E-state index contributed by atoms with van der Waals surface area (Å²) in [7, 11) is 0. The number of carboxylic acids is 1. The van der Waals surface area contributed by atoms with Gasteiger partial charge in [0.2, 0.25) is 0 Å². The van der Waals surface area contributed by atoms with Gasteiger partial charge in [-0.2, -0.15) is 26.3 Å². The van der Waals surface area contributed by atoms with E-state index >= 15 is 0 Å². The van der Waals surface area contributed by atoms with Gasteiger partial charge in [-0.05, 0) is 25.1 Å². The van der Waals surface area contributed by atoms with E-state index < -0.39 is 47.0 Å². The SMILES string of the molecule is C[C@H](NC(=O)c1cc(C(F)(F)F)cc(C(F)(F)F)c1)C(=O)O. The average Bonchev–Trinajstić information content (AvgIpc) is 2.35. The Kier molecular flexibility index (Phi) is 4.73. The predicted octanol–water partition coefficient (Wildman–Crippen LogP) is 2.93. The van der Waals surface area contributed by atoms with Crippen molar-refractivity contribution in [1.29, 1.82) is 0 Å². The molecule has 0 aliphatic rings. The number of benzene rings is 1. The molecule has 0 spiro atoms. The molecule has 1 atom stereocenters. The van der Waals surface area contributed by atoms with Crippen LogP contribution >= 0.6 is 0 Å². The van der Waals surface area contributed by atoms with Gasteiger partial charge in [0.05, 0.1) is 11.1 Å². The first kappa shape index (κ1) is 17.8. The standard InChI is InChI=1S/C12H9F6NO3/c1-5(10(21)22)19-9(20)6-2-7(11(13,14)15)4-8(3-6)12(16,17)18/h2-5H,1H3,(H,19,20)(H,21,22)/t5-/m0/s1. The largest absolute Gasteiger partial charge is 0.480 e. The van der Waals surface area contributed by atoms with Crippen molar-refractivity contribution < 1.29 is 41.0 Å². The van der Waals surface area contributed by atoms with Crippen molar-refractivity contribution >= 4 is 11.9 Å². The van der Waals surface area contributed by atoms with Gasteiger partial charge in [-0.15, -0.1) is 0 Å². The average molecular weight is 329 g/mol.